The molecule has 2 amide bonds. The van der Waals surface area contributed by atoms with Crippen molar-refractivity contribution in [1.82, 2.24) is 15.8 Å². The third-order valence-electron chi connectivity index (χ3n) is 7.20. The second-order valence-corrected chi connectivity index (χ2v) is 10.2. The average Bonchev–Trinajstić information content (AvgIpc) is 2.97. The summed E-state index contributed by atoms with van der Waals surface area (Å²) < 4.78 is 41.5. The van der Waals surface area contributed by atoms with Crippen molar-refractivity contribution in [3.63, 3.8) is 0 Å². The first kappa shape index (κ1) is 30.6. The van der Waals surface area contributed by atoms with Crippen LogP contribution in [0.5, 0.6) is 5.75 Å². The molecule has 1 fully saturated rings. The molecular weight excluding hydrogens is 551 g/mol. The molecule has 0 spiro atoms. The van der Waals surface area contributed by atoms with Crippen LogP contribution in [-0.4, -0.2) is 46.8 Å². The van der Waals surface area contributed by atoms with Crippen LogP contribution in [0, 0.1) is 0 Å². The molecule has 0 bridgehead atoms. The SMILES string of the molecule is O=C(O)CCNC(=O)c1ccc(CN(NC(=O)c2ccc(OC(F)(F)F)cc2)C2CCC(c3ccccc3)CC2)cc1. The van der Waals surface area contributed by atoms with Crippen LogP contribution in [0.25, 0.3) is 0 Å². The summed E-state index contributed by atoms with van der Waals surface area (Å²) in [4.78, 5) is 36.2. The minimum atomic E-state index is -4.83. The molecule has 11 heteroatoms. The van der Waals surface area contributed by atoms with E-state index >= 15 is 0 Å². The fraction of sp³-hybridized carbons (Fsp3) is 0.323. The predicted molar refractivity (Wildman–Crippen MR) is 149 cm³/mol. The number of aliphatic carboxylic acids is 1. The fourth-order valence-corrected chi connectivity index (χ4v) is 5.05. The van der Waals surface area contributed by atoms with Gasteiger partial charge in [-0.1, -0.05) is 42.5 Å². The summed E-state index contributed by atoms with van der Waals surface area (Å²) in [6.45, 7) is 0.354. The van der Waals surface area contributed by atoms with Gasteiger partial charge in [0.1, 0.15) is 5.75 Å². The molecule has 0 unspecified atom stereocenters. The number of nitrogens with one attached hydrogen (secondary N) is 2. The van der Waals surface area contributed by atoms with Gasteiger partial charge in [0.2, 0.25) is 0 Å². The number of carboxylic acid groups (broad SMARTS) is 1. The first-order valence-electron chi connectivity index (χ1n) is 13.6. The van der Waals surface area contributed by atoms with Crippen molar-refractivity contribution in [2.75, 3.05) is 6.54 Å². The van der Waals surface area contributed by atoms with E-state index in [1.807, 2.05) is 23.2 Å². The molecule has 3 aromatic rings. The van der Waals surface area contributed by atoms with Crippen LogP contribution < -0.4 is 15.5 Å². The Balaban J connectivity index is 1.45. The van der Waals surface area contributed by atoms with E-state index in [0.717, 1.165) is 43.4 Å². The van der Waals surface area contributed by atoms with Crippen molar-refractivity contribution < 1.29 is 37.4 Å². The number of carbonyl (C=O) groups excluding carboxylic acids is 2. The molecule has 3 aromatic carbocycles. The number of carbonyl (C=O) groups is 3. The van der Waals surface area contributed by atoms with Gasteiger partial charge in [0.15, 0.2) is 0 Å². The molecule has 1 aliphatic rings. The molecule has 0 aliphatic heterocycles. The topological polar surface area (TPSA) is 108 Å². The lowest BCUT2D eigenvalue weighted by Gasteiger charge is -2.37. The Morgan fingerprint density at radius 1 is 0.833 bits per heavy atom. The number of benzene rings is 3. The van der Waals surface area contributed by atoms with Crippen LogP contribution in [0.2, 0.25) is 0 Å². The van der Waals surface area contributed by atoms with E-state index in [1.165, 1.54) is 17.7 Å². The standard InChI is InChI=1S/C31H32F3N3O5/c32-31(33,34)42-27-16-12-25(13-17-27)30(41)36-37(26-14-10-23(11-15-26)22-4-2-1-3-5-22)20-21-6-8-24(9-7-21)29(40)35-19-18-28(38)39/h1-9,12-13,16-17,23,26H,10-11,14-15,18-20H2,(H,35,40)(H,36,41)(H,38,39). The second kappa shape index (κ2) is 14.0. The molecule has 1 saturated carbocycles. The molecule has 8 nitrogen and oxygen atoms in total. The smallest absolute Gasteiger partial charge is 0.481 e. The van der Waals surface area contributed by atoms with Crippen molar-refractivity contribution in [3.8, 4) is 5.75 Å². The van der Waals surface area contributed by atoms with E-state index in [0.29, 0.717) is 18.0 Å². The summed E-state index contributed by atoms with van der Waals surface area (Å²) in [5, 5.41) is 13.2. The predicted octanol–water partition coefficient (Wildman–Crippen LogP) is 5.66. The molecule has 4 rings (SSSR count). The normalized spacial score (nSPS) is 17.0. The lowest BCUT2D eigenvalue weighted by atomic mass is 9.81. The Labute approximate surface area is 241 Å². The van der Waals surface area contributed by atoms with E-state index in [2.05, 4.69) is 27.6 Å². The quantitative estimate of drug-likeness (QED) is 0.252. The highest BCUT2D eigenvalue weighted by molar-refractivity contribution is 5.94. The Kier molecular flexibility index (Phi) is 10.2. The maximum Gasteiger partial charge on any atom is 0.573 e. The number of hydrogen-bond acceptors (Lipinski definition) is 5. The first-order valence-corrected chi connectivity index (χ1v) is 13.6. The molecule has 0 radical (unpaired) electrons. The highest BCUT2D eigenvalue weighted by Crippen LogP contribution is 2.35. The lowest BCUT2D eigenvalue weighted by molar-refractivity contribution is -0.274. The van der Waals surface area contributed by atoms with Gasteiger partial charge in [-0.2, -0.15) is 0 Å². The molecule has 42 heavy (non-hydrogen) atoms. The highest BCUT2D eigenvalue weighted by atomic mass is 19.4. The molecule has 0 atom stereocenters. The zero-order valence-corrected chi connectivity index (χ0v) is 22.8. The van der Waals surface area contributed by atoms with Crippen molar-refractivity contribution in [3.05, 3.63) is 101 Å². The van der Waals surface area contributed by atoms with Crippen LogP contribution in [0.15, 0.2) is 78.9 Å². The number of ether oxygens (including phenoxy) is 1. The Bertz CT molecular complexity index is 1340. The first-order chi connectivity index (χ1) is 20.1. The summed E-state index contributed by atoms with van der Waals surface area (Å²) in [6.07, 6.45) is -1.50. The highest BCUT2D eigenvalue weighted by Gasteiger charge is 2.31. The summed E-state index contributed by atoms with van der Waals surface area (Å²) in [6, 6.07) is 21.8. The maximum atomic E-state index is 13.2. The van der Waals surface area contributed by atoms with Gasteiger partial charge in [-0.15, -0.1) is 13.2 Å². The number of carboxylic acids is 1. The molecule has 0 aromatic heterocycles. The fourth-order valence-electron chi connectivity index (χ4n) is 5.05. The monoisotopic (exact) mass is 583 g/mol. The minimum Gasteiger partial charge on any atom is -0.481 e. The number of nitrogens with zero attached hydrogens (tertiary/aromatic N) is 1. The van der Waals surface area contributed by atoms with Crippen molar-refractivity contribution in [1.29, 1.82) is 0 Å². The maximum absolute atomic E-state index is 13.2. The number of amides is 2. The summed E-state index contributed by atoms with van der Waals surface area (Å²) in [7, 11) is 0. The molecule has 222 valence electrons. The van der Waals surface area contributed by atoms with Gasteiger partial charge >= 0.3 is 12.3 Å². The molecule has 0 saturated heterocycles. The molecular formula is C31H32F3N3O5. The van der Waals surface area contributed by atoms with E-state index < -0.39 is 24.0 Å². The average molecular weight is 584 g/mol. The Morgan fingerprint density at radius 2 is 1.43 bits per heavy atom. The van der Waals surface area contributed by atoms with Crippen LogP contribution in [0.4, 0.5) is 13.2 Å². The molecule has 3 N–H and O–H groups in total. The van der Waals surface area contributed by atoms with Gasteiger partial charge in [-0.25, -0.2) is 5.01 Å². The summed E-state index contributed by atoms with van der Waals surface area (Å²) in [5.74, 6) is -1.85. The zero-order chi connectivity index (χ0) is 30.1. The summed E-state index contributed by atoms with van der Waals surface area (Å²) >= 11 is 0. The number of hydrogen-bond donors (Lipinski definition) is 3. The van der Waals surface area contributed by atoms with Gasteiger partial charge < -0.3 is 15.2 Å². The second-order valence-electron chi connectivity index (χ2n) is 10.2. The van der Waals surface area contributed by atoms with Gasteiger partial charge in [-0.3, -0.25) is 19.8 Å². The third-order valence-corrected chi connectivity index (χ3v) is 7.20. The number of alkyl halides is 3. The van der Waals surface area contributed by atoms with E-state index in [4.69, 9.17) is 5.11 Å². The van der Waals surface area contributed by atoms with Gasteiger partial charge in [0.25, 0.3) is 11.8 Å². The van der Waals surface area contributed by atoms with Crippen LogP contribution in [0.3, 0.4) is 0 Å². The van der Waals surface area contributed by atoms with Crippen molar-refractivity contribution in [2.45, 2.75) is 57.0 Å². The molecule has 1 aliphatic carbocycles. The lowest BCUT2D eigenvalue weighted by Crippen LogP contribution is -2.49. The van der Waals surface area contributed by atoms with Crippen LogP contribution in [0.1, 0.15) is 69.9 Å². The van der Waals surface area contributed by atoms with Crippen molar-refractivity contribution in [2.24, 2.45) is 0 Å². The van der Waals surface area contributed by atoms with Gasteiger partial charge in [-0.05, 0) is 79.1 Å². The van der Waals surface area contributed by atoms with Crippen molar-refractivity contribution >= 4 is 17.8 Å². The zero-order valence-electron chi connectivity index (χ0n) is 22.8. The Morgan fingerprint density at radius 3 is 2.02 bits per heavy atom. The van der Waals surface area contributed by atoms with E-state index in [-0.39, 0.29) is 30.5 Å². The third kappa shape index (κ3) is 9.07. The van der Waals surface area contributed by atoms with E-state index in [1.54, 1.807) is 24.3 Å². The minimum absolute atomic E-state index is 0.0146. The number of rotatable bonds is 11. The van der Waals surface area contributed by atoms with Crippen LogP contribution in [-0.2, 0) is 11.3 Å². The van der Waals surface area contributed by atoms with E-state index in [9.17, 15) is 27.6 Å². The summed E-state index contributed by atoms with van der Waals surface area (Å²) in [5.41, 5.74) is 5.62. The number of hydrazine groups is 1. The largest absolute Gasteiger partial charge is 0.573 e. The van der Waals surface area contributed by atoms with Gasteiger partial charge in [0.05, 0.1) is 6.42 Å². The number of halogens is 3. The van der Waals surface area contributed by atoms with Crippen LogP contribution >= 0.6 is 0 Å². The van der Waals surface area contributed by atoms with Gasteiger partial charge in [0, 0.05) is 30.3 Å². The molecule has 0 heterocycles. The Hall–Kier alpha value is -4.38.